The quantitative estimate of drug-likeness (QED) is 0.528. The summed E-state index contributed by atoms with van der Waals surface area (Å²) in [5.74, 6) is -0.708. The van der Waals surface area contributed by atoms with E-state index in [4.69, 9.17) is 10.8 Å². The molecule has 0 aliphatic rings. The second kappa shape index (κ2) is 6.10. The van der Waals surface area contributed by atoms with E-state index in [-0.39, 0.29) is 6.54 Å². The van der Waals surface area contributed by atoms with E-state index in [9.17, 15) is 4.79 Å². The van der Waals surface area contributed by atoms with Gasteiger partial charge in [-0.05, 0) is 12.1 Å². The summed E-state index contributed by atoms with van der Waals surface area (Å²) >= 11 is 0. The summed E-state index contributed by atoms with van der Waals surface area (Å²) in [6, 6.07) is 5.69. The first kappa shape index (κ1) is 11.6. The maximum Gasteiger partial charge on any atom is 0.247 e. The molecule has 0 spiro atoms. The second-order valence-electron chi connectivity index (χ2n) is 3.19. The number of nitrogens with two attached hydrogens (primary N) is 1. The third-order valence-corrected chi connectivity index (χ3v) is 1.95. The molecule has 1 unspecified atom stereocenters. The van der Waals surface area contributed by atoms with Crippen LogP contribution < -0.4 is 11.1 Å². The normalized spacial score (nSPS) is 12.3. The molecule has 5 nitrogen and oxygen atoms in total. The fourth-order valence-electron chi connectivity index (χ4n) is 1.10. The number of carbonyl (C=O) groups excluding carboxylic acids is 1. The SMILES string of the molecule is NC(=O)C(O)CNCCc1ccccn1. The van der Waals surface area contributed by atoms with Gasteiger partial charge in [0.05, 0.1) is 0 Å². The van der Waals surface area contributed by atoms with Crippen molar-refractivity contribution in [2.75, 3.05) is 13.1 Å². The molecule has 1 aromatic rings. The van der Waals surface area contributed by atoms with Gasteiger partial charge >= 0.3 is 0 Å². The molecule has 1 atom stereocenters. The Hall–Kier alpha value is -1.46. The number of pyridine rings is 1. The number of rotatable bonds is 6. The van der Waals surface area contributed by atoms with E-state index in [0.717, 1.165) is 12.1 Å². The molecule has 1 heterocycles. The Morgan fingerprint density at radius 2 is 2.40 bits per heavy atom. The van der Waals surface area contributed by atoms with Crippen LogP contribution in [0.25, 0.3) is 0 Å². The number of nitrogens with one attached hydrogen (secondary N) is 1. The number of nitrogens with zero attached hydrogens (tertiary/aromatic N) is 1. The van der Waals surface area contributed by atoms with Crippen LogP contribution in [0.2, 0.25) is 0 Å². The molecule has 0 saturated heterocycles. The number of aromatic nitrogens is 1. The maximum absolute atomic E-state index is 10.5. The lowest BCUT2D eigenvalue weighted by atomic mass is 10.2. The minimum absolute atomic E-state index is 0.183. The summed E-state index contributed by atoms with van der Waals surface area (Å²) < 4.78 is 0. The number of aliphatic hydroxyl groups is 1. The van der Waals surface area contributed by atoms with Crippen molar-refractivity contribution >= 4 is 5.91 Å². The highest BCUT2D eigenvalue weighted by Crippen LogP contribution is 1.92. The monoisotopic (exact) mass is 209 g/mol. The summed E-state index contributed by atoms with van der Waals surface area (Å²) in [7, 11) is 0. The van der Waals surface area contributed by atoms with Gasteiger partial charge in [0.1, 0.15) is 6.10 Å². The first-order chi connectivity index (χ1) is 7.20. The van der Waals surface area contributed by atoms with Gasteiger partial charge in [0.2, 0.25) is 5.91 Å². The third-order valence-electron chi connectivity index (χ3n) is 1.95. The van der Waals surface area contributed by atoms with Crippen LogP contribution in [0.1, 0.15) is 5.69 Å². The molecule has 1 aromatic heterocycles. The molecule has 4 N–H and O–H groups in total. The number of hydrogen-bond donors (Lipinski definition) is 3. The maximum atomic E-state index is 10.5. The van der Waals surface area contributed by atoms with Crippen LogP contribution in [0.4, 0.5) is 0 Å². The molecule has 0 aliphatic carbocycles. The van der Waals surface area contributed by atoms with Gasteiger partial charge in [-0.25, -0.2) is 0 Å². The Balaban J connectivity index is 2.15. The highest BCUT2D eigenvalue weighted by molar-refractivity contribution is 5.78. The number of carbonyl (C=O) groups is 1. The summed E-state index contributed by atoms with van der Waals surface area (Å²) in [6.45, 7) is 0.837. The molecule has 0 aromatic carbocycles. The smallest absolute Gasteiger partial charge is 0.247 e. The van der Waals surface area contributed by atoms with Gasteiger partial charge < -0.3 is 16.2 Å². The zero-order valence-electron chi connectivity index (χ0n) is 8.39. The van der Waals surface area contributed by atoms with Gasteiger partial charge in [0, 0.05) is 31.4 Å². The minimum atomic E-state index is -1.12. The van der Waals surface area contributed by atoms with Crippen molar-refractivity contribution in [1.29, 1.82) is 0 Å². The van der Waals surface area contributed by atoms with Crippen molar-refractivity contribution < 1.29 is 9.90 Å². The van der Waals surface area contributed by atoms with Crippen molar-refractivity contribution in [2.45, 2.75) is 12.5 Å². The lowest BCUT2D eigenvalue weighted by molar-refractivity contribution is -0.125. The van der Waals surface area contributed by atoms with Crippen LogP contribution in [0.5, 0.6) is 0 Å². The molecule has 1 amide bonds. The van der Waals surface area contributed by atoms with Crippen molar-refractivity contribution in [2.24, 2.45) is 5.73 Å². The molecule has 0 aliphatic heterocycles. The minimum Gasteiger partial charge on any atom is -0.382 e. The van der Waals surface area contributed by atoms with Gasteiger partial charge in [-0.15, -0.1) is 0 Å². The van der Waals surface area contributed by atoms with E-state index in [0.29, 0.717) is 6.54 Å². The average Bonchev–Trinajstić information content (AvgIpc) is 2.25. The topological polar surface area (TPSA) is 88.2 Å². The zero-order chi connectivity index (χ0) is 11.1. The fraction of sp³-hybridized carbons (Fsp3) is 0.400. The van der Waals surface area contributed by atoms with E-state index >= 15 is 0 Å². The molecular formula is C10H15N3O2. The van der Waals surface area contributed by atoms with E-state index in [1.54, 1.807) is 6.20 Å². The van der Waals surface area contributed by atoms with Crippen LogP contribution in [0.15, 0.2) is 24.4 Å². The molecule has 5 heteroatoms. The standard InChI is InChI=1S/C10H15N3O2/c11-10(15)9(14)7-12-6-4-8-3-1-2-5-13-8/h1-3,5,9,12,14H,4,6-7H2,(H2,11,15). The molecular weight excluding hydrogens is 194 g/mol. The Labute approximate surface area is 88.3 Å². The molecule has 15 heavy (non-hydrogen) atoms. The summed E-state index contributed by atoms with van der Waals surface area (Å²) in [5, 5.41) is 12.0. The van der Waals surface area contributed by atoms with Gasteiger partial charge in [0.15, 0.2) is 0 Å². The average molecular weight is 209 g/mol. The Bertz CT molecular complexity index is 303. The number of hydrogen-bond acceptors (Lipinski definition) is 4. The van der Waals surface area contributed by atoms with Gasteiger partial charge in [-0.1, -0.05) is 6.07 Å². The lowest BCUT2D eigenvalue weighted by Crippen LogP contribution is -2.38. The van der Waals surface area contributed by atoms with Crippen molar-refractivity contribution in [1.82, 2.24) is 10.3 Å². The van der Waals surface area contributed by atoms with Crippen molar-refractivity contribution in [3.05, 3.63) is 30.1 Å². The van der Waals surface area contributed by atoms with Crippen molar-refractivity contribution in [3.8, 4) is 0 Å². The van der Waals surface area contributed by atoms with E-state index in [1.807, 2.05) is 18.2 Å². The van der Waals surface area contributed by atoms with Crippen LogP contribution in [-0.4, -0.2) is 35.2 Å². The first-order valence-corrected chi connectivity index (χ1v) is 4.78. The molecule has 82 valence electrons. The van der Waals surface area contributed by atoms with Gasteiger partial charge in [-0.3, -0.25) is 9.78 Å². The van der Waals surface area contributed by atoms with Gasteiger partial charge in [-0.2, -0.15) is 0 Å². The number of amides is 1. The highest BCUT2D eigenvalue weighted by atomic mass is 16.3. The number of primary amides is 1. The summed E-state index contributed by atoms with van der Waals surface area (Å²) in [6.07, 6.45) is 1.37. The molecule has 1 rings (SSSR count). The lowest BCUT2D eigenvalue weighted by Gasteiger charge is -2.07. The van der Waals surface area contributed by atoms with E-state index < -0.39 is 12.0 Å². The zero-order valence-corrected chi connectivity index (χ0v) is 8.39. The van der Waals surface area contributed by atoms with E-state index in [1.165, 1.54) is 0 Å². The molecule has 0 radical (unpaired) electrons. The highest BCUT2D eigenvalue weighted by Gasteiger charge is 2.08. The van der Waals surface area contributed by atoms with Crippen LogP contribution in [0, 0.1) is 0 Å². The Morgan fingerprint density at radius 1 is 1.60 bits per heavy atom. The summed E-state index contributed by atoms with van der Waals surface area (Å²) in [4.78, 5) is 14.6. The molecule has 0 saturated carbocycles. The summed E-state index contributed by atoms with van der Waals surface area (Å²) in [5.41, 5.74) is 5.86. The molecule has 0 fully saturated rings. The van der Waals surface area contributed by atoms with E-state index in [2.05, 4.69) is 10.3 Å². The predicted octanol–water partition coefficient (Wildman–Crippen LogP) is -0.940. The number of aliphatic hydroxyl groups excluding tert-OH is 1. The largest absolute Gasteiger partial charge is 0.382 e. The second-order valence-corrected chi connectivity index (χ2v) is 3.19. The van der Waals surface area contributed by atoms with Crippen LogP contribution in [0.3, 0.4) is 0 Å². The predicted molar refractivity (Wildman–Crippen MR) is 56.0 cm³/mol. The third kappa shape index (κ3) is 4.53. The van der Waals surface area contributed by atoms with Crippen LogP contribution in [-0.2, 0) is 11.2 Å². The fourth-order valence-corrected chi connectivity index (χ4v) is 1.10. The van der Waals surface area contributed by atoms with Crippen LogP contribution >= 0.6 is 0 Å². The van der Waals surface area contributed by atoms with Gasteiger partial charge in [0.25, 0.3) is 0 Å². The van der Waals surface area contributed by atoms with Crippen molar-refractivity contribution in [3.63, 3.8) is 0 Å². The first-order valence-electron chi connectivity index (χ1n) is 4.78. The molecule has 0 bridgehead atoms. The Morgan fingerprint density at radius 3 is 3.00 bits per heavy atom. The Kier molecular flexibility index (Phi) is 4.73.